The monoisotopic (exact) mass is 146 g/mol. The van der Waals surface area contributed by atoms with Crippen molar-refractivity contribution in [3.05, 3.63) is 0 Å². The van der Waals surface area contributed by atoms with Crippen molar-refractivity contribution in [3.63, 3.8) is 0 Å². The Bertz CT molecular complexity index is 137. The zero-order chi connectivity index (χ0) is 7.56. The Morgan fingerprint density at radius 1 is 1.80 bits per heavy atom. The third-order valence-electron chi connectivity index (χ3n) is 1.61. The molecular formula is C6H12NO3+. The van der Waals surface area contributed by atoms with Crippen LogP contribution in [0.25, 0.3) is 0 Å². The van der Waals surface area contributed by atoms with Gasteiger partial charge in [0.05, 0.1) is 0 Å². The maximum atomic E-state index is 10.7. The predicted octanol–water partition coefficient (Wildman–Crippen LogP) is -1.71. The fraction of sp³-hybridized carbons (Fsp3) is 0.833. The Labute approximate surface area is 59.0 Å². The Hall–Kier alpha value is -0.610. The topological polar surface area (TPSA) is 74.2 Å². The number of aliphatic hydroxyl groups is 1. The number of carbonyl (C=O) groups is 1. The Morgan fingerprint density at radius 3 is 2.90 bits per heavy atom. The Kier molecular flexibility index (Phi) is 2.24. The van der Waals surface area contributed by atoms with Gasteiger partial charge in [-0.25, -0.2) is 4.79 Å². The molecule has 1 aliphatic heterocycles. The number of aliphatic hydroxyl groups excluding tert-OH is 1. The molecule has 0 saturated carbocycles. The van der Waals surface area contributed by atoms with Crippen molar-refractivity contribution in [2.45, 2.75) is 25.0 Å². The van der Waals surface area contributed by atoms with Gasteiger partial charge in [-0.2, -0.15) is 0 Å². The number of carbonyl (C=O) groups excluding carboxylic acids is 1. The molecule has 0 aromatic heterocycles. The number of cyclic esters (lactones) is 1. The van der Waals surface area contributed by atoms with E-state index in [1.165, 1.54) is 0 Å². The van der Waals surface area contributed by atoms with Crippen molar-refractivity contribution in [3.8, 4) is 0 Å². The quantitative estimate of drug-likeness (QED) is 0.456. The van der Waals surface area contributed by atoms with Crippen LogP contribution in [0.4, 0.5) is 0 Å². The van der Waals surface area contributed by atoms with Crippen LogP contribution >= 0.6 is 0 Å². The molecule has 4 N–H and O–H groups in total. The standard InChI is InChI=1S/C6H11NO3/c7-5-3-4(1-2-8)10-6(5)9/h4-5,8H,1-3,7H2/p+1/t4-,5+/m1/s1. The van der Waals surface area contributed by atoms with Crippen LogP contribution in [-0.4, -0.2) is 29.8 Å². The summed E-state index contributed by atoms with van der Waals surface area (Å²) in [7, 11) is 0. The molecule has 4 heteroatoms. The predicted molar refractivity (Wildman–Crippen MR) is 32.9 cm³/mol. The van der Waals surface area contributed by atoms with E-state index in [1.807, 2.05) is 0 Å². The third-order valence-corrected chi connectivity index (χ3v) is 1.61. The van der Waals surface area contributed by atoms with Crippen molar-refractivity contribution >= 4 is 5.97 Å². The lowest BCUT2D eigenvalue weighted by Crippen LogP contribution is -2.63. The number of quaternary nitrogens is 1. The van der Waals surface area contributed by atoms with Crippen LogP contribution in [0.15, 0.2) is 0 Å². The van der Waals surface area contributed by atoms with Crippen molar-refractivity contribution in [2.75, 3.05) is 6.61 Å². The first-order valence-corrected chi connectivity index (χ1v) is 3.38. The Balaban J connectivity index is 2.34. The largest absolute Gasteiger partial charge is 0.458 e. The molecule has 0 aliphatic carbocycles. The molecule has 1 fully saturated rings. The molecule has 0 amide bonds. The third kappa shape index (κ3) is 1.46. The van der Waals surface area contributed by atoms with E-state index in [1.54, 1.807) is 0 Å². The van der Waals surface area contributed by atoms with Crippen LogP contribution in [0.3, 0.4) is 0 Å². The van der Waals surface area contributed by atoms with Crippen LogP contribution in [0.5, 0.6) is 0 Å². The van der Waals surface area contributed by atoms with Gasteiger partial charge in [0.1, 0.15) is 6.10 Å². The molecule has 0 aromatic carbocycles. The summed E-state index contributed by atoms with van der Waals surface area (Å²) in [5.74, 6) is -0.238. The molecule has 58 valence electrons. The van der Waals surface area contributed by atoms with Crippen molar-refractivity contribution < 1.29 is 20.4 Å². The fourth-order valence-corrected chi connectivity index (χ4v) is 1.04. The smallest absolute Gasteiger partial charge is 0.365 e. The van der Waals surface area contributed by atoms with Crippen LogP contribution < -0.4 is 5.73 Å². The van der Waals surface area contributed by atoms with Gasteiger partial charge in [0, 0.05) is 19.4 Å². The minimum absolute atomic E-state index is 0.0741. The van der Waals surface area contributed by atoms with E-state index in [0.717, 1.165) is 0 Å². The highest BCUT2D eigenvalue weighted by Crippen LogP contribution is 2.14. The maximum absolute atomic E-state index is 10.7. The first-order chi connectivity index (χ1) is 4.74. The molecule has 10 heavy (non-hydrogen) atoms. The average molecular weight is 146 g/mol. The van der Waals surface area contributed by atoms with E-state index in [-0.39, 0.29) is 24.7 Å². The number of esters is 1. The highest BCUT2D eigenvalue weighted by molar-refractivity contribution is 5.76. The van der Waals surface area contributed by atoms with E-state index in [4.69, 9.17) is 9.84 Å². The van der Waals surface area contributed by atoms with E-state index >= 15 is 0 Å². The summed E-state index contributed by atoms with van der Waals surface area (Å²) in [4.78, 5) is 10.7. The van der Waals surface area contributed by atoms with Crippen LogP contribution in [0, 0.1) is 0 Å². The molecule has 0 bridgehead atoms. The second-order valence-corrected chi connectivity index (χ2v) is 2.50. The lowest BCUT2D eigenvalue weighted by Gasteiger charge is -2.03. The molecule has 0 unspecified atom stereocenters. The van der Waals surface area contributed by atoms with Crippen molar-refractivity contribution in [2.24, 2.45) is 0 Å². The van der Waals surface area contributed by atoms with Gasteiger partial charge in [-0.15, -0.1) is 0 Å². The minimum Gasteiger partial charge on any atom is -0.458 e. The van der Waals surface area contributed by atoms with Gasteiger partial charge >= 0.3 is 5.97 Å². The SMILES string of the molecule is [NH3+][C@H]1C[C@@H](CCO)OC1=O. The average Bonchev–Trinajstić information content (AvgIpc) is 2.14. The molecule has 2 atom stereocenters. The molecule has 1 rings (SSSR count). The summed E-state index contributed by atoms with van der Waals surface area (Å²) in [5, 5.41) is 8.49. The summed E-state index contributed by atoms with van der Waals surface area (Å²) in [5.41, 5.74) is 3.59. The van der Waals surface area contributed by atoms with Crippen LogP contribution in [0.1, 0.15) is 12.8 Å². The first kappa shape index (κ1) is 7.50. The van der Waals surface area contributed by atoms with Gasteiger partial charge in [-0.05, 0) is 0 Å². The molecule has 1 aliphatic rings. The number of rotatable bonds is 2. The fourth-order valence-electron chi connectivity index (χ4n) is 1.04. The molecule has 4 nitrogen and oxygen atoms in total. The van der Waals surface area contributed by atoms with Crippen LogP contribution in [-0.2, 0) is 9.53 Å². The summed E-state index contributed by atoms with van der Waals surface area (Å²) >= 11 is 0. The second-order valence-electron chi connectivity index (χ2n) is 2.50. The van der Waals surface area contributed by atoms with Gasteiger partial charge in [0.2, 0.25) is 0 Å². The second kappa shape index (κ2) is 2.98. The van der Waals surface area contributed by atoms with Crippen LogP contribution in [0.2, 0.25) is 0 Å². The van der Waals surface area contributed by atoms with Crippen molar-refractivity contribution in [1.29, 1.82) is 0 Å². The van der Waals surface area contributed by atoms with Gasteiger partial charge < -0.3 is 15.6 Å². The summed E-state index contributed by atoms with van der Waals surface area (Å²) in [6.07, 6.45) is 1.09. The number of ether oxygens (including phenoxy) is 1. The number of hydrogen-bond acceptors (Lipinski definition) is 3. The normalized spacial score (nSPS) is 32.4. The maximum Gasteiger partial charge on any atom is 0.365 e. The lowest BCUT2D eigenvalue weighted by molar-refractivity contribution is -0.402. The molecule has 1 saturated heterocycles. The Morgan fingerprint density at radius 2 is 2.50 bits per heavy atom. The zero-order valence-corrected chi connectivity index (χ0v) is 5.75. The molecule has 1 heterocycles. The molecular weight excluding hydrogens is 134 g/mol. The highest BCUT2D eigenvalue weighted by Gasteiger charge is 2.33. The molecule has 0 spiro atoms. The highest BCUT2D eigenvalue weighted by atomic mass is 16.6. The molecule has 0 radical (unpaired) electrons. The summed E-state index contributed by atoms with van der Waals surface area (Å²) in [6, 6.07) is -0.225. The number of hydrogen-bond donors (Lipinski definition) is 2. The molecule has 0 aromatic rings. The minimum atomic E-state index is -0.238. The van der Waals surface area contributed by atoms with E-state index in [0.29, 0.717) is 12.8 Å². The van der Waals surface area contributed by atoms with Gasteiger partial charge in [0.15, 0.2) is 6.04 Å². The van der Waals surface area contributed by atoms with Gasteiger partial charge in [-0.1, -0.05) is 0 Å². The summed E-state index contributed by atoms with van der Waals surface area (Å²) in [6.45, 7) is 0.0741. The van der Waals surface area contributed by atoms with Crippen molar-refractivity contribution in [1.82, 2.24) is 0 Å². The first-order valence-electron chi connectivity index (χ1n) is 3.38. The van der Waals surface area contributed by atoms with E-state index < -0.39 is 0 Å². The summed E-state index contributed by atoms with van der Waals surface area (Å²) < 4.78 is 4.85. The van der Waals surface area contributed by atoms with Gasteiger partial charge in [-0.3, -0.25) is 0 Å². The van der Waals surface area contributed by atoms with E-state index in [9.17, 15) is 4.79 Å². The lowest BCUT2D eigenvalue weighted by atomic mass is 10.1. The van der Waals surface area contributed by atoms with Gasteiger partial charge in [0.25, 0.3) is 0 Å². The zero-order valence-electron chi connectivity index (χ0n) is 5.75. The van der Waals surface area contributed by atoms with E-state index in [2.05, 4.69) is 5.73 Å².